The Morgan fingerprint density at radius 2 is 2.10 bits per heavy atom. The van der Waals surface area contributed by atoms with Crippen molar-refractivity contribution in [2.75, 3.05) is 5.32 Å². The number of thiazole rings is 1. The van der Waals surface area contributed by atoms with E-state index < -0.39 is 6.04 Å². The highest BCUT2D eigenvalue weighted by atomic mass is 32.1. The standard InChI is InChI=1S/C15H17N3OS/c1-9-5-7-10(8-6-9)13(16)14(19)18-15-17-11-3-2-4-12(11)20-15/h5-8,13H,2-4,16H2,1H3,(H,17,18,19). The molecule has 0 radical (unpaired) electrons. The fourth-order valence-electron chi connectivity index (χ4n) is 2.35. The Hall–Kier alpha value is -1.72. The molecule has 0 spiro atoms. The largest absolute Gasteiger partial charge is 0.316 e. The van der Waals surface area contributed by atoms with Gasteiger partial charge in [-0.15, -0.1) is 11.3 Å². The van der Waals surface area contributed by atoms with Gasteiger partial charge in [-0.05, 0) is 31.7 Å². The third-order valence-electron chi connectivity index (χ3n) is 3.54. The van der Waals surface area contributed by atoms with Crippen molar-refractivity contribution in [3.63, 3.8) is 0 Å². The van der Waals surface area contributed by atoms with E-state index in [-0.39, 0.29) is 5.91 Å². The van der Waals surface area contributed by atoms with Crippen molar-refractivity contribution in [1.82, 2.24) is 4.98 Å². The summed E-state index contributed by atoms with van der Waals surface area (Å²) < 4.78 is 0. The first kappa shape index (κ1) is 13.3. The van der Waals surface area contributed by atoms with Gasteiger partial charge in [0.15, 0.2) is 5.13 Å². The molecule has 1 aromatic heterocycles. The maximum atomic E-state index is 12.2. The summed E-state index contributed by atoms with van der Waals surface area (Å²) in [5.74, 6) is -0.207. The van der Waals surface area contributed by atoms with Crippen molar-refractivity contribution in [3.8, 4) is 0 Å². The van der Waals surface area contributed by atoms with Crippen molar-refractivity contribution in [3.05, 3.63) is 46.0 Å². The van der Waals surface area contributed by atoms with Crippen molar-refractivity contribution in [2.24, 2.45) is 5.73 Å². The topological polar surface area (TPSA) is 68.0 Å². The van der Waals surface area contributed by atoms with E-state index in [4.69, 9.17) is 5.73 Å². The van der Waals surface area contributed by atoms with Gasteiger partial charge in [0.1, 0.15) is 6.04 Å². The monoisotopic (exact) mass is 287 g/mol. The number of aromatic nitrogens is 1. The van der Waals surface area contributed by atoms with Crippen molar-refractivity contribution < 1.29 is 4.79 Å². The molecule has 0 bridgehead atoms. The lowest BCUT2D eigenvalue weighted by Gasteiger charge is -2.11. The van der Waals surface area contributed by atoms with Crippen molar-refractivity contribution >= 4 is 22.4 Å². The van der Waals surface area contributed by atoms with Crippen LogP contribution in [0.2, 0.25) is 0 Å². The molecule has 1 aliphatic carbocycles. The van der Waals surface area contributed by atoms with Gasteiger partial charge in [-0.3, -0.25) is 4.79 Å². The predicted octanol–water partition coefficient (Wildman–Crippen LogP) is 2.58. The van der Waals surface area contributed by atoms with Crippen LogP contribution in [-0.2, 0) is 17.6 Å². The van der Waals surface area contributed by atoms with Gasteiger partial charge >= 0.3 is 0 Å². The van der Waals surface area contributed by atoms with Crippen LogP contribution in [0, 0.1) is 6.92 Å². The minimum Gasteiger partial charge on any atom is -0.316 e. The third-order valence-corrected chi connectivity index (χ3v) is 4.62. The van der Waals surface area contributed by atoms with Gasteiger partial charge in [-0.1, -0.05) is 29.8 Å². The first-order valence-corrected chi connectivity index (χ1v) is 7.57. The second-order valence-corrected chi connectivity index (χ2v) is 6.20. The number of hydrogen-bond acceptors (Lipinski definition) is 4. The molecule has 1 amide bonds. The fourth-order valence-corrected chi connectivity index (χ4v) is 3.40. The van der Waals surface area contributed by atoms with Crippen LogP contribution in [0.5, 0.6) is 0 Å². The van der Waals surface area contributed by atoms with Gasteiger partial charge in [-0.25, -0.2) is 4.98 Å². The SMILES string of the molecule is Cc1ccc(C(N)C(=O)Nc2nc3c(s2)CCC3)cc1. The van der Waals surface area contributed by atoms with E-state index >= 15 is 0 Å². The van der Waals surface area contributed by atoms with Gasteiger partial charge < -0.3 is 11.1 Å². The first-order valence-electron chi connectivity index (χ1n) is 6.75. The molecule has 1 aromatic carbocycles. The molecule has 0 saturated heterocycles. The number of fused-ring (bicyclic) bond motifs is 1. The zero-order valence-corrected chi connectivity index (χ0v) is 12.2. The lowest BCUT2D eigenvalue weighted by Crippen LogP contribution is -2.27. The second-order valence-electron chi connectivity index (χ2n) is 5.12. The highest BCUT2D eigenvalue weighted by Gasteiger charge is 2.20. The molecule has 20 heavy (non-hydrogen) atoms. The number of nitrogens with one attached hydrogen (secondary N) is 1. The summed E-state index contributed by atoms with van der Waals surface area (Å²) in [6.07, 6.45) is 3.27. The van der Waals surface area contributed by atoms with E-state index in [1.165, 1.54) is 11.3 Å². The van der Waals surface area contributed by atoms with Gasteiger partial charge in [0.2, 0.25) is 5.91 Å². The molecule has 0 saturated carbocycles. The van der Waals surface area contributed by atoms with Gasteiger partial charge in [0, 0.05) is 4.88 Å². The molecule has 4 nitrogen and oxygen atoms in total. The third kappa shape index (κ3) is 2.59. The zero-order chi connectivity index (χ0) is 14.1. The number of benzene rings is 1. The van der Waals surface area contributed by atoms with Crippen LogP contribution in [0.15, 0.2) is 24.3 Å². The molecule has 5 heteroatoms. The average Bonchev–Trinajstić information content (AvgIpc) is 2.99. The molecule has 104 valence electrons. The summed E-state index contributed by atoms with van der Waals surface area (Å²) >= 11 is 1.57. The van der Waals surface area contributed by atoms with E-state index in [2.05, 4.69) is 10.3 Å². The maximum Gasteiger partial charge on any atom is 0.247 e. The van der Waals surface area contributed by atoms with Crippen LogP contribution < -0.4 is 11.1 Å². The number of anilines is 1. The fraction of sp³-hybridized carbons (Fsp3) is 0.333. The second kappa shape index (κ2) is 5.34. The van der Waals surface area contributed by atoms with Crippen molar-refractivity contribution in [1.29, 1.82) is 0 Å². The molecule has 1 heterocycles. The molecule has 1 unspecified atom stereocenters. The number of carbonyl (C=O) groups is 1. The van der Waals surface area contributed by atoms with E-state index in [9.17, 15) is 4.79 Å². The molecule has 2 aromatic rings. The lowest BCUT2D eigenvalue weighted by molar-refractivity contribution is -0.117. The van der Waals surface area contributed by atoms with E-state index in [1.54, 1.807) is 11.3 Å². The van der Waals surface area contributed by atoms with Crippen molar-refractivity contribution in [2.45, 2.75) is 32.2 Å². The smallest absolute Gasteiger partial charge is 0.247 e. The van der Waals surface area contributed by atoms with E-state index in [0.717, 1.165) is 29.7 Å². The number of carbonyl (C=O) groups excluding carboxylic acids is 1. The number of nitrogens with two attached hydrogens (primary N) is 1. The Kier molecular flexibility index (Phi) is 3.54. The summed E-state index contributed by atoms with van der Waals surface area (Å²) in [6.45, 7) is 2.01. The Labute approximate surface area is 122 Å². The molecule has 3 rings (SSSR count). The molecular formula is C15H17N3OS. The van der Waals surface area contributed by atoms with Gasteiger partial charge in [0.25, 0.3) is 0 Å². The number of aryl methyl sites for hydroxylation is 3. The summed E-state index contributed by atoms with van der Waals surface area (Å²) in [4.78, 5) is 17.9. The molecule has 1 aliphatic rings. The molecular weight excluding hydrogens is 270 g/mol. The summed E-state index contributed by atoms with van der Waals surface area (Å²) in [5, 5.41) is 3.50. The highest BCUT2D eigenvalue weighted by molar-refractivity contribution is 7.15. The molecule has 0 fully saturated rings. The average molecular weight is 287 g/mol. The van der Waals surface area contributed by atoms with Crippen LogP contribution in [0.4, 0.5) is 5.13 Å². The van der Waals surface area contributed by atoms with Gasteiger partial charge in [0.05, 0.1) is 5.69 Å². The van der Waals surface area contributed by atoms with Crippen LogP contribution in [0.3, 0.4) is 0 Å². The lowest BCUT2D eigenvalue weighted by atomic mass is 10.1. The molecule has 0 aliphatic heterocycles. The summed E-state index contributed by atoms with van der Waals surface area (Å²) in [6, 6.07) is 7.04. The molecule has 1 atom stereocenters. The Bertz CT molecular complexity index is 612. The minimum atomic E-state index is -0.658. The Morgan fingerprint density at radius 3 is 2.80 bits per heavy atom. The van der Waals surface area contributed by atoms with E-state index in [1.807, 2.05) is 31.2 Å². The van der Waals surface area contributed by atoms with Gasteiger partial charge in [-0.2, -0.15) is 0 Å². The quantitative estimate of drug-likeness (QED) is 0.911. The first-order chi connectivity index (χ1) is 9.63. The number of nitrogens with zero attached hydrogens (tertiary/aromatic N) is 1. The van der Waals surface area contributed by atoms with Crippen LogP contribution in [0.1, 0.15) is 34.2 Å². The van der Waals surface area contributed by atoms with Crippen LogP contribution in [0.25, 0.3) is 0 Å². The number of hydrogen-bond donors (Lipinski definition) is 2. The Balaban J connectivity index is 1.70. The van der Waals surface area contributed by atoms with Crippen LogP contribution >= 0.6 is 11.3 Å². The summed E-state index contributed by atoms with van der Waals surface area (Å²) in [7, 11) is 0. The molecule has 3 N–H and O–H groups in total. The number of rotatable bonds is 3. The summed E-state index contributed by atoms with van der Waals surface area (Å²) in [5.41, 5.74) is 9.09. The maximum absolute atomic E-state index is 12.2. The minimum absolute atomic E-state index is 0.207. The van der Waals surface area contributed by atoms with E-state index in [0.29, 0.717) is 5.13 Å². The Morgan fingerprint density at radius 1 is 1.35 bits per heavy atom. The zero-order valence-electron chi connectivity index (χ0n) is 11.3. The predicted molar refractivity (Wildman–Crippen MR) is 80.9 cm³/mol. The van der Waals surface area contributed by atoms with Crippen LogP contribution in [-0.4, -0.2) is 10.9 Å². The normalized spacial score (nSPS) is 14.9. The number of amides is 1. The highest BCUT2D eigenvalue weighted by Crippen LogP contribution is 2.30.